The summed E-state index contributed by atoms with van der Waals surface area (Å²) in [5.41, 5.74) is 1.65. The summed E-state index contributed by atoms with van der Waals surface area (Å²) in [4.78, 5) is 14.4. The summed E-state index contributed by atoms with van der Waals surface area (Å²) in [6, 6.07) is 7.56. The molecule has 0 saturated carbocycles. The van der Waals surface area contributed by atoms with Crippen molar-refractivity contribution in [1.29, 1.82) is 0 Å². The standard InChI is InChI=1S/C17H19N3O3/c1-22-15-5-3-4-14(16(15)23-2)13-7-9-20(11-13)17(21)12-6-8-18-19-10-12/h3-6,8,10,13H,7,9,11H2,1-2H3/t13-/m0/s1. The van der Waals surface area contributed by atoms with Gasteiger partial charge < -0.3 is 14.4 Å². The predicted octanol–water partition coefficient (Wildman–Crippen LogP) is 2.12. The van der Waals surface area contributed by atoms with Crippen molar-refractivity contribution in [3.8, 4) is 11.5 Å². The molecular weight excluding hydrogens is 294 g/mol. The summed E-state index contributed by atoms with van der Waals surface area (Å²) in [5, 5.41) is 7.48. The van der Waals surface area contributed by atoms with Gasteiger partial charge in [-0.1, -0.05) is 12.1 Å². The van der Waals surface area contributed by atoms with Crippen molar-refractivity contribution in [2.24, 2.45) is 0 Å². The number of hydrogen-bond acceptors (Lipinski definition) is 5. The molecule has 2 heterocycles. The number of benzene rings is 1. The van der Waals surface area contributed by atoms with E-state index in [2.05, 4.69) is 10.2 Å². The van der Waals surface area contributed by atoms with Crippen molar-refractivity contribution in [3.05, 3.63) is 47.8 Å². The van der Waals surface area contributed by atoms with E-state index >= 15 is 0 Å². The van der Waals surface area contributed by atoms with Crippen LogP contribution in [0.5, 0.6) is 11.5 Å². The molecular formula is C17H19N3O3. The molecule has 0 aliphatic carbocycles. The predicted molar refractivity (Wildman–Crippen MR) is 84.8 cm³/mol. The Labute approximate surface area is 135 Å². The first-order valence-electron chi connectivity index (χ1n) is 7.51. The van der Waals surface area contributed by atoms with Crippen LogP contribution >= 0.6 is 0 Å². The molecule has 1 aliphatic heterocycles. The van der Waals surface area contributed by atoms with Crippen molar-refractivity contribution < 1.29 is 14.3 Å². The molecule has 6 nitrogen and oxygen atoms in total. The fourth-order valence-electron chi connectivity index (χ4n) is 3.03. The van der Waals surface area contributed by atoms with Gasteiger partial charge in [-0.2, -0.15) is 10.2 Å². The van der Waals surface area contributed by atoms with Gasteiger partial charge in [-0.05, 0) is 18.6 Å². The summed E-state index contributed by atoms with van der Waals surface area (Å²) >= 11 is 0. The van der Waals surface area contributed by atoms with Gasteiger partial charge in [0.15, 0.2) is 11.5 Å². The third-order valence-corrected chi connectivity index (χ3v) is 4.18. The molecule has 6 heteroatoms. The number of methoxy groups -OCH3 is 2. The van der Waals surface area contributed by atoms with Crippen LogP contribution < -0.4 is 9.47 Å². The van der Waals surface area contributed by atoms with E-state index in [0.717, 1.165) is 17.7 Å². The third-order valence-electron chi connectivity index (χ3n) is 4.18. The lowest BCUT2D eigenvalue weighted by atomic mass is 9.97. The zero-order chi connectivity index (χ0) is 16.2. The van der Waals surface area contributed by atoms with E-state index in [1.165, 1.54) is 12.4 Å². The number of carbonyl (C=O) groups is 1. The van der Waals surface area contributed by atoms with Gasteiger partial charge in [0.1, 0.15) is 0 Å². The number of likely N-dealkylation sites (tertiary alicyclic amines) is 1. The fourth-order valence-corrected chi connectivity index (χ4v) is 3.03. The highest BCUT2D eigenvalue weighted by atomic mass is 16.5. The molecule has 1 fully saturated rings. The van der Waals surface area contributed by atoms with E-state index in [-0.39, 0.29) is 11.8 Å². The van der Waals surface area contributed by atoms with Crippen LogP contribution in [-0.2, 0) is 0 Å². The number of carbonyl (C=O) groups excluding carboxylic acids is 1. The molecule has 0 radical (unpaired) electrons. The van der Waals surface area contributed by atoms with Gasteiger partial charge in [0.25, 0.3) is 5.91 Å². The minimum Gasteiger partial charge on any atom is -0.493 e. The summed E-state index contributed by atoms with van der Waals surface area (Å²) in [7, 11) is 3.27. The maximum atomic E-state index is 12.5. The monoisotopic (exact) mass is 313 g/mol. The van der Waals surface area contributed by atoms with E-state index in [0.29, 0.717) is 24.4 Å². The van der Waals surface area contributed by atoms with Crippen LogP contribution in [0.25, 0.3) is 0 Å². The van der Waals surface area contributed by atoms with Crippen molar-refractivity contribution >= 4 is 5.91 Å². The number of amides is 1. The van der Waals surface area contributed by atoms with E-state index < -0.39 is 0 Å². The number of ether oxygens (including phenoxy) is 2. The highest BCUT2D eigenvalue weighted by Gasteiger charge is 2.30. The van der Waals surface area contributed by atoms with Gasteiger partial charge in [0, 0.05) is 24.6 Å². The van der Waals surface area contributed by atoms with Crippen LogP contribution in [0.2, 0.25) is 0 Å². The van der Waals surface area contributed by atoms with Crippen LogP contribution in [0, 0.1) is 0 Å². The second-order valence-corrected chi connectivity index (χ2v) is 5.45. The van der Waals surface area contributed by atoms with Crippen LogP contribution in [0.1, 0.15) is 28.3 Å². The Morgan fingerprint density at radius 3 is 2.78 bits per heavy atom. The first kappa shape index (κ1) is 15.3. The van der Waals surface area contributed by atoms with E-state index in [1.54, 1.807) is 20.3 Å². The average Bonchev–Trinajstić information content (AvgIpc) is 3.10. The molecule has 0 bridgehead atoms. The summed E-state index contributed by atoms with van der Waals surface area (Å²) < 4.78 is 10.9. The number of aromatic nitrogens is 2. The second kappa shape index (κ2) is 6.64. The molecule has 120 valence electrons. The minimum atomic E-state index is -0.00994. The van der Waals surface area contributed by atoms with Crippen LogP contribution in [-0.4, -0.2) is 48.3 Å². The Morgan fingerprint density at radius 2 is 2.09 bits per heavy atom. The van der Waals surface area contributed by atoms with Crippen LogP contribution in [0.3, 0.4) is 0 Å². The zero-order valence-electron chi connectivity index (χ0n) is 13.2. The van der Waals surface area contributed by atoms with Crippen LogP contribution in [0.4, 0.5) is 0 Å². The van der Waals surface area contributed by atoms with E-state index in [4.69, 9.17) is 9.47 Å². The molecule has 1 amide bonds. The maximum absolute atomic E-state index is 12.5. The quantitative estimate of drug-likeness (QED) is 0.865. The lowest BCUT2D eigenvalue weighted by Crippen LogP contribution is -2.28. The highest BCUT2D eigenvalue weighted by Crippen LogP contribution is 2.39. The SMILES string of the molecule is COc1cccc([C@H]2CCN(C(=O)c3ccnnc3)C2)c1OC. The molecule has 23 heavy (non-hydrogen) atoms. The Balaban J connectivity index is 1.79. The molecule has 0 spiro atoms. The van der Waals surface area contributed by atoms with Gasteiger partial charge in [0.05, 0.1) is 32.2 Å². The molecule has 3 rings (SSSR count). The van der Waals surface area contributed by atoms with E-state index in [1.807, 2.05) is 23.1 Å². The molecule has 0 unspecified atom stereocenters. The highest BCUT2D eigenvalue weighted by molar-refractivity contribution is 5.94. The van der Waals surface area contributed by atoms with Crippen molar-refractivity contribution in [1.82, 2.24) is 15.1 Å². The van der Waals surface area contributed by atoms with Gasteiger partial charge in [-0.15, -0.1) is 0 Å². The average molecular weight is 313 g/mol. The Kier molecular flexibility index (Phi) is 4.41. The smallest absolute Gasteiger partial charge is 0.255 e. The first-order chi connectivity index (χ1) is 11.2. The van der Waals surface area contributed by atoms with Crippen molar-refractivity contribution in [2.75, 3.05) is 27.3 Å². The molecule has 1 aromatic heterocycles. The maximum Gasteiger partial charge on any atom is 0.255 e. The minimum absolute atomic E-state index is 0.00994. The second-order valence-electron chi connectivity index (χ2n) is 5.45. The topological polar surface area (TPSA) is 64.5 Å². The number of hydrogen-bond donors (Lipinski definition) is 0. The molecule has 1 saturated heterocycles. The molecule has 2 aromatic rings. The van der Waals surface area contributed by atoms with Crippen molar-refractivity contribution in [2.45, 2.75) is 12.3 Å². The Morgan fingerprint density at radius 1 is 1.22 bits per heavy atom. The van der Waals surface area contributed by atoms with E-state index in [9.17, 15) is 4.79 Å². The summed E-state index contributed by atoms with van der Waals surface area (Å²) in [5.74, 6) is 1.69. The molecule has 0 N–H and O–H groups in total. The Hall–Kier alpha value is -2.63. The summed E-state index contributed by atoms with van der Waals surface area (Å²) in [6.07, 6.45) is 3.93. The lowest BCUT2D eigenvalue weighted by Gasteiger charge is -2.19. The summed E-state index contributed by atoms with van der Waals surface area (Å²) in [6.45, 7) is 1.37. The van der Waals surface area contributed by atoms with Gasteiger partial charge in [-0.25, -0.2) is 0 Å². The lowest BCUT2D eigenvalue weighted by molar-refractivity contribution is 0.0790. The van der Waals surface area contributed by atoms with Crippen LogP contribution in [0.15, 0.2) is 36.7 Å². The number of para-hydroxylation sites is 1. The number of nitrogens with zero attached hydrogens (tertiary/aromatic N) is 3. The van der Waals surface area contributed by atoms with Gasteiger partial charge in [-0.3, -0.25) is 4.79 Å². The Bertz CT molecular complexity index is 691. The van der Waals surface area contributed by atoms with Gasteiger partial charge >= 0.3 is 0 Å². The van der Waals surface area contributed by atoms with Gasteiger partial charge in [0.2, 0.25) is 0 Å². The normalized spacial score (nSPS) is 17.1. The van der Waals surface area contributed by atoms with Crippen molar-refractivity contribution in [3.63, 3.8) is 0 Å². The fraction of sp³-hybridized carbons (Fsp3) is 0.353. The third kappa shape index (κ3) is 2.97. The largest absolute Gasteiger partial charge is 0.493 e. The first-order valence-corrected chi connectivity index (χ1v) is 7.51. The molecule has 1 atom stereocenters. The number of rotatable bonds is 4. The molecule has 1 aromatic carbocycles. The zero-order valence-corrected chi connectivity index (χ0v) is 13.2. The molecule has 1 aliphatic rings.